The molecule has 0 aliphatic rings. The maximum atomic E-state index is 11.5. The van der Waals surface area contributed by atoms with Crippen LogP contribution < -0.4 is 0 Å². The van der Waals surface area contributed by atoms with Crippen LogP contribution in [0.5, 0.6) is 0 Å². The molecule has 78 valence electrons. The van der Waals surface area contributed by atoms with Gasteiger partial charge in [-0.05, 0) is 12.1 Å². The second-order valence-corrected chi connectivity index (χ2v) is 3.62. The van der Waals surface area contributed by atoms with E-state index in [1.807, 2.05) is 30.3 Å². The van der Waals surface area contributed by atoms with E-state index < -0.39 is 6.36 Å². The van der Waals surface area contributed by atoms with Gasteiger partial charge in [0.15, 0.2) is 0 Å². The minimum atomic E-state index is -4.52. The average molecular weight is 222 g/mol. The maximum Gasteiger partial charge on any atom is 0.522 e. The third-order valence-corrected chi connectivity index (χ3v) is 2.34. The predicted molar refractivity (Wildman–Crippen MR) is 49.2 cm³/mol. The van der Waals surface area contributed by atoms with Gasteiger partial charge in [0.2, 0.25) is 0 Å². The molecule has 0 amide bonds. The zero-order chi connectivity index (χ0) is 10.4. The van der Waals surface area contributed by atoms with Gasteiger partial charge < -0.3 is 0 Å². The molecule has 0 heterocycles. The molecular formula is C9H9F3OS. The van der Waals surface area contributed by atoms with Crippen LogP contribution in [0.3, 0.4) is 0 Å². The van der Waals surface area contributed by atoms with Crippen molar-refractivity contribution in [1.29, 1.82) is 0 Å². The lowest BCUT2D eigenvalue weighted by Gasteiger charge is -2.06. The highest BCUT2D eigenvalue weighted by Gasteiger charge is 2.28. The first kappa shape index (κ1) is 11.4. The van der Waals surface area contributed by atoms with Gasteiger partial charge in [0, 0.05) is 10.6 Å². The van der Waals surface area contributed by atoms with Gasteiger partial charge in [-0.25, -0.2) is 0 Å². The van der Waals surface area contributed by atoms with Gasteiger partial charge in [-0.3, -0.25) is 4.74 Å². The number of thioether (sulfide) groups is 1. The lowest BCUT2D eigenvalue weighted by Crippen LogP contribution is -2.15. The molecule has 0 aliphatic heterocycles. The zero-order valence-electron chi connectivity index (χ0n) is 7.25. The fraction of sp³-hybridized carbons (Fsp3) is 0.333. The third kappa shape index (κ3) is 5.14. The van der Waals surface area contributed by atoms with Crippen molar-refractivity contribution >= 4 is 11.8 Å². The topological polar surface area (TPSA) is 9.23 Å². The molecule has 0 radical (unpaired) electrons. The van der Waals surface area contributed by atoms with Crippen molar-refractivity contribution < 1.29 is 17.9 Å². The van der Waals surface area contributed by atoms with Gasteiger partial charge in [0.1, 0.15) is 0 Å². The van der Waals surface area contributed by atoms with Crippen molar-refractivity contribution in [2.24, 2.45) is 0 Å². The fourth-order valence-corrected chi connectivity index (χ4v) is 1.59. The highest BCUT2D eigenvalue weighted by Crippen LogP contribution is 2.20. The second-order valence-electron chi connectivity index (χ2n) is 2.46. The fourth-order valence-electron chi connectivity index (χ4n) is 0.834. The molecule has 0 saturated carbocycles. The van der Waals surface area contributed by atoms with Crippen LogP contribution in [0.4, 0.5) is 13.2 Å². The molecule has 0 aromatic heterocycles. The summed E-state index contributed by atoms with van der Waals surface area (Å²) in [5, 5.41) is 0. The first-order chi connectivity index (χ1) is 6.58. The van der Waals surface area contributed by atoms with E-state index in [1.165, 1.54) is 11.8 Å². The Morgan fingerprint density at radius 1 is 1.14 bits per heavy atom. The van der Waals surface area contributed by atoms with Crippen LogP contribution in [0.1, 0.15) is 0 Å². The predicted octanol–water partition coefficient (Wildman–Crippen LogP) is 3.32. The summed E-state index contributed by atoms with van der Waals surface area (Å²) >= 11 is 1.34. The molecule has 0 N–H and O–H groups in total. The number of halogens is 3. The number of hydrogen-bond donors (Lipinski definition) is 0. The Hall–Kier alpha value is -0.680. The Morgan fingerprint density at radius 2 is 1.79 bits per heavy atom. The molecule has 0 saturated heterocycles. The Bertz CT molecular complexity index is 261. The summed E-state index contributed by atoms with van der Waals surface area (Å²) in [4.78, 5) is 0.943. The van der Waals surface area contributed by atoms with Crippen LogP contribution in [-0.4, -0.2) is 18.7 Å². The van der Waals surface area contributed by atoms with Crippen molar-refractivity contribution in [3.05, 3.63) is 30.3 Å². The number of ether oxygens (including phenoxy) is 1. The highest BCUT2D eigenvalue weighted by molar-refractivity contribution is 7.99. The molecule has 1 aromatic carbocycles. The van der Waals surface area contributed by atoms with E-state index in [4.69, 9.17) is 0 Å². The molecule has 0 unspecified atom stereocenters. The number of alkyl halides is 3. The highest BCUT2D eigenvalue weighted by atomic mass is 32.2. The minimum absolute atomic E-state index is 0.295. The van der Waals surface area contributed by atoms with Crippen LogP contribution in [0.2, 0.25) is 0 Å². The normalized spacial score (nSPS) is 11.6. The van der Waals surface area contributed by atoms with E-state index in [0.717, 1.165) is 4.90 Å². The average Bonchev–Trinajstić information content (AvgIpc) is 2.13. The molecule has 0 aliphatic carbocycles. The number of benzene rings is 1. The van der Waals surface area contributed by atoms with E-state index in [9.17, 15) is 13.2 Å². The van der Waals surface area contributed by atoms with Crippen molar-refractivity contribution in [1.82, 2.24) is 0 Å². The van der Waals surface area contributed by atoms with Gasteiger partial charge in [0.05, 0.1) is 6.61 Å². The van der Waals surface area contributed by atoms with E-state index >= 15 is 0 Å². The van der Waals surface area contributed by atoms with Crippen LogP contribution in [0.15, 0.2) is 35.2 Å². The maximum absolute atomic E-state index is 11.5. The molecule has 0 fully saturated rings. The molecule has 0 atom stereocenters. The van der Waals surface area contributed by atoms with Crippen LogP contribution in [0.25, 0.3) is 0 Å². The lowest BCUT2D eigenvalue weighted by molar-refractivity contribution is -0.322. The van der Waals surface area contributed by atoms with E-state index in [2.05, 4.69) is 4.74 Å². The minimum Gasteiger partial charge on any atom is -0.291 e. The summed E-state index contributed by atoms with van der Waals surface area (Å²) in [5.74, 6) is 0.295. The van der Waals surface area contributed by atoms with Crippen LogP contribution in [0, 0.1) is 0 Å². The summed E-state index contributed by atoms with van der Waals surface area (Å²) in [6, 6.07) is 9.23. The summed E-state index contributed by atoms with van der Waals surface area (Å²) in [6.45, 7) is -0.316. The van der Waals surface area contributed by atoms with E-state index in [-0.39, 0.29) is 6.61 Å². The summed E-state index contributed by atoms with van der Waals surface area (Å²) in [6.07, 6.45) is -4.52. The standard InChI is InChI=1S/C9H9F3OS/c10-9(11,12)13-6-7-14-8-4-2-1-3-5-8/h1-5H,6-7H2. The lowest BCUT2D eigenvalue weighted by atomic mass is 10.4. The van der Waals surface area contributed by atoms with Crippen molar-refractivity contribution in [3.63, 3.8) is 0 Å². The summed E-state index contributed by atoms with van der Waals surface area (Å²) in [5.41, 5.74) is 0. The first-order valence-electron chi connectivity index (χ1n) is 3.96. The van der Waals surface area contributed by atoms with Gasteiger partial charge >= 0.3 is 6.36 Å². The van der Waals surface area contributed by atoms with Crippen LogP contribution >= 0.6 is 11.8 Å². The Labute approximate surface area is 84.3 Å². The Balaban J connectivity index is 2.17. The molecule has 1 nitrogen and oxygen atoms in total. The van der Waals surface area contributed by atoms with Gasteiger partial charge in [0.25, 0.3) is 0 Å². The monoisotopic (exact) mass is 222 g/mol. The Morgan fingerprint density at radius 3 is 2.36 bits per heavy atom. The SMILES string of the molecule is FC(F)(F)OCCSc1ccccc1. The smallest absolute Gasteiger partial charge is 0.291 e. The van der Waals surface area contributed by atoms with E-state index in [0.29, 0.717) is 5.75 Å². The summed E-state index contributed by atoms with van der Waals surface area (Å²) in [7, 11) is 0. The zero-order valence-corrected chi connectivity index (χ0v) is 8.07. The first-order valence-corrected chi connectivity index (χ1v) is 4.95. The van der Waals surface area contributed by atoms with Crippen molar-refractivity contribution in [3.8, 4) is 0 Å². The molecule has 1 rings (SSSR count). The van der Waals surface area contributed by atoms with E-state index in [1.54, 1.807) is 0 Å². The van der Waals surface area contributed by atoms with Gasteiger partial charge in [-0.1, -0.05) is 18.2 Å². The number of rotatable bonds is 4. The van der Waals surface area contributed by atoms with Crippen molar-refractivity contribution in [2.45, 2.75) is 11.3 Å². The molecule has 0 spiro atoms. The molecule has 5 heteroatoms. The van der Waals surface area contributed by atoms with Crippen molar-refractivity contribution in [2.75, 3.05) is 12.4 Å². The second kappa shape index (κ2) is 5.26. The van der Waals surface area contributed by atoms with Gasteiger partial charge in [-0.2, -0.15) is 0 Å². The molecule has 1 aromatic rings. The Kier molecular flexibility index (Phi) is 4.28. The summed E-state index contributed by atoms with van der Waals surface area (Å²) < 4.78 is 38.3. The quantitative estimate of drug-likeness (QED) is 0.571. The molecule has 14 heavy (non-hydrogen) atoms. The molecular weight excluding hydrogens is 213 g/mol. The van der Waals surface area contributed by atoms with Crippen LogP contribution in [-0.2, 0) is 4.74 Å². The van der Waals surface area contributed by atoms with Gasteiger partial charge in [-0.15, -0.1) is 24.9 Å². The number of hydrogen-bond acceptors (Lipinski definition) is 2. The largest absolute Gasteiger partial charge is 0.522 e. The molecule has 0 bridgehead atoms. The third-order valence-electron chi connectivity index (χ3n) is 1.36.